The van der Waals surface area contributed by atoms with Gasteiger partial charge in [0.15, 0.2) is 0 Å². The molecule has 1 saturated heterocycles. The third kappa shape index (κ3) is 1.02. The molecule has 2 bridgehead atoms. The zero-order valence-corrected chi connectivity index (χ0v) is 8.97. The Balaban J connectivity index is 1.92. The maximum Gasteiger partial charge on any atom is 0.310 e. The van der Waals surface area contributed by atoms with Crippen molar-refractivity contribution in [3.05, 3.63) is 0 Å². The Morgan fingerprint density at radius 1 is 1.40 bits per heavy atom. The van der Waals surface area contributed by atoms with E-state index in [2.05, 4.69) is 0 Å². The molecule has 4 nitrogen and oxygen atoms in total. The minimum atomic E-state index is -0.136. The molecule has 1 heterocycles. The van der Waals surface area contributed by atoms with Crippen molar-refractivity contribution >= 4 is 11.9 Å². The monoisotopic (exact) mass is 209 g/mol. The van der Waals surface area contributed by atoms with Crippen LogP contribution < -0.4 is 0 Å². The first-order valence-electron chi connectivity index (χ1n) is 5.51. The van der Waals surface area contributed by atoms with Crippen molar-refractivity contribution < 1.29 is 14.3 Å². The number of rotatable bonds is 1. The molecule has 82 valence electrons. The van der Waals surface area contributed by atoms with Gasteiger partial charge in [0.2, 0.25) is 5.91 Å². The smallest absolute Gasteiger partial charge is 0.310 e. The summed E-state index contributed by atoms with van der Waals surface area (Å²) in [6, 6.07) is 0. The number of amides is 1. The van der Waals surface area contributed by atoms with Crippen molar-refractivity contribution in [2.24, 2.45) is 23.7 Å². The Kier molecular flexibility index (Phi) is 1.68. The van der Waals surface area contributed by atoms with Crippen molar-refractivity contribution in [1.82, 2.24) is 4.90 Å². The van der Waals surface area contributed by atoms with Crippen LogP contribution in [-0.2, 0) is 14.3 Å². The zero-order valence-electron chi connectivity index (χ0n) is 8.97. The van der Waals surface area contributed by atoms with Crippen LogP contribution in [0.4, 0.5) is 0 Å². The molecule has 0 radical (unpaired) electrons. The summed E-state index contributed by atoms with van der Waals surface area (Å²) >= 11 is 0. The Labute approximate surface area is 88.6 Å². The maximum absolute atomic E-state index is 12.0. The fraction of sp³-hybridized carbons (Fsp3) is 0.818. The van der Waals surface area contributed by atoms with Gasteiger partial charge in [0.25, 0.3) is 0 Å². The summed E-state index contributed by atoms with van der Waals surface area (Å²) in [5.74, 6) is 0.442. The average molecular weight is 209 g/mol. The van der Waals surface area contributed by atoms with Gasteiger partial charge in [-0.3, -0.25) is 9.59 Å². The van der Waals surface area contributed by atoms with Gasteiger partial charge >= 0.3 is 5.97 Å². The molecule has 3 aliphatic rings. The molecule has 4 heteroatoms. The topological polar surface area (TPSA) is 46.6 Å². The van der Waals surface area contributed by atoms with E-state index in [1.807, 2.05) is 0 Å². The Morgan fingerprint density at radius 3 is 2.80 bits per heavy atom. The fourth-order valence-electron chi connectivity index (χ4n) is 3.64. The van der Waals surface area contributed by atoms with Crippen LogP contribution in [-0.4, -0.2) is 37.0 Å². The second-order valence-electron chi connectivity index (χ2n) is 5.15. The van der Waals surface area contributed by atoms with Gasteiger partial charge in [0.05, 0.1) is 11.8 Å². The van der Waals surface area contributed by atoms with Crippen molar-refractivity contribution in [2.75, 3.05) is 14.1 Å². The minimum Gasteiger partial charge on any atom is -0.462 e. The quantitative estimate of drug-likeness (QED) is 0.582. The lowest BCUT2D eigenvalue weighted by atomic mass is 9.79. The van der Waals surface area contributed by atoms with Crippen molar-refractivity contribution in [3.63, 3.8) is 0 Å². The van der Waals surface area contributed by atoms with Gasteiger partial charge in [-0.25, -0.2) is 0 Å². The highest BCUT2D eigenvalue weighted by Crippen LogP contribution is 2.57. The number of nitrogens with zero attached hydrogens (tertiary/aromatic N) is 1. The van der Waals surface area contributed by atoms with E-state index in [4.69, 9.17) is 4.74 Å². The second kappa shape index (κ2) is 2.74. The lowest BCUT2D eigenvalue weighted by Gasteiger charge is -2.26. The molecular weight excluding hydrogens is 194 g/mol. The van der Waals surface area contributed by atoms with Gasteiger partial charge < -0.3 is 9.64 Å². The van der Waals surface area contributed by atoms with Crippen LogP contribution in [0.2, 0.25) is 0 Å². The van der Waals surface area contributed by atoms with E-state index in [0.717, 1.165) is 12.8 Å². The number of carbonyl (C=O) groups is 2. The molecule has 0 N–H and O–H groups in total. The van der Waals surface area contributed by atoms with Gasteiger partial charge in [-0.05, 0) is 18.8 Å². The van der Waals surface area contributed by atoms with Crippen LogP contribution in [0.3, 0.4) is 0 Å². The van der Waals surface area contributed by atoms with Crippen LogP contribution in [0.15, 0.2) is 0 Å². The Bertz CT molecular complexity index is 337. The molecule has 2 aliphatic carbocycles. The number of esters is 1. The fourth-order valence-corrected chi connectivity index (χ4v) is 3.64. The predicted molar refractivity (Wildman–Crippen MR) is 51.8 cm³/mol. The molecule has 1 amide bonds. The second-order valence-corrected chi connectivity index (χ2v) is 5.15. The molecule has 0 spiro atoms. The molecular formula is C11H15NO3. The van der Waals surface area contributed by atoms with Crippen LogP contribution in [0.5, 0.6) is 0 Å². The zero-order chi connectivity index (χ0) is 10.7. The van der Waals surface area contributed by atoms with Crippen molar-refractivity contribution in [2.45, 2.75) is 18.9 Å². The largest absolute Gasteiger partial charge is 0.462 e. The molecule has 5 atom stereocenters. The number of carbonyl (C=O) groups excluding carboxylic acids is 2. The molecule has 0 aromatic heterocycles. The van der Waals surface area contributed by atoms with Crippen LogP contribution in [0, 0.1) is 23.7 Å². The molecule has 1 aliphatic heterocycles. The number of fused-ring (bicyclic) bond motifs is 1. The highest BCUT2D eigenvalue weighted by Gasteiger charge is 2.64. The number of hydrogen-bond acceptors (Lipinski definition) is 3. The summed E-state index contributed by atoms with van der Waals surface area (Å²) in [5.41, 5.74) is 0. The summed E-state index contributed by atoms with van der Waals surface area (Å²) in [6.45, 7) is 0. The van der Waals surface area contributed by atoms with Crippen LogP contribution >= 0.6 is 0 Å². The summed E-state index contributed by atoms with van der Waals surface area (Å²) in [4.78, 5) is 25.2. The summed E-state index contributed by atoms with van der Waals surface area (Å²) in [5, 5.41) is 0. The van der Waals surface area contributed by atoms with Crippen LogP contribution in [0.25, 0.3) is 0 Å². The third-order valence-corrected chi connectivity index (χ3v) is 4.21. The third-order valence-electron chi connectivity index (χ3n) is 4.21. The molecule has 2 saturated carbocycles. The predicted octanol–water partition coefficient (Wildman–Crippen LogP) is 0.272. The molecule has 0 aromatic carbocycles. The Hall–Kier alpha value is -1.06. The number of ether oxygens (including phenoxy) is 1. The molecule has 15 heavy (non-hydrogen) atoms. The first-order chi connectivity index (χ1) is 7.09. The van der Waals surface area contributed by atoms with E-state index in [-0.39, 0.29) is 29.8 Å². The molecule has 0 unspecified atom stereocenters. The molecule has 3 fully saturated rings. The van der Waals surface area contributed by atoms with Gasteiger partial charge in [0, 0.05) is 20.0 Å². The molecule has 0 aromatic rings. The van der Waals surface area contributed by atoms with Crippen LogP contribution in [0.1, 0.15) is 12.8 Å². The van der Waals surface area contributed by atoms with Crippen molar-refractivity contribution in [1.29, 1.82) is 0 Å². The maximum atomic E-state index is 12.0. The standard InChI is InChI=1S/C11H15NO3/c1-12(2)10(13)8-5-3-6-7(4-5)15-11(14)9(6)8/h5-9H,3-4H2,1-2H3/t5-,6+,7-,8+,9+/m1/s1. The van der Waals surface area contributed by atoms with Gasteiger partial charge in [-0.15, -0.1) is 0 Å². The van der Waals surface area contributed by atoms with E-state index in [1.54, 1.807) is 19.0 Å². The first kappa shape index (κ1) is 9.19. The summed E-state index contributed by atoms with van der Waals surface area (Å²) in [7, 11) is 3.51. The minimum absolute atomic E-state index is 0.101. The summed E-state index contributed by atoms with van der Waals surface area (Å²) in [6.07, 6.45) is 2.03. The summed E-state index contributed by atoms with van der Waals surface area (Å²) < 4.78 is 5.29. The molecule has 3 rings (SSSR count). The number of hydrogen-bond donors (Lipinski definition) is 0. The lowest BCUT2D eigenvalue weighted by Crippen LogP contribution is -2.39. The van der Waals surface area contributed by atoms with E-state index >= 15 is 0 Å². The van der Waals surface area contributed by atoms with E-state index in [1.165, 1.54) is 0 Å². The van der Waals surface area contributed by atoms with Gasteiger partial charge in [-0.1, -0.05) is 0 Å². The van der Waals surface area contributed by atoms with E-state index < -0.39 is 0 Å². The first-order valence-corrected chi connectivity index (χ1v) is 5.51. The van der Waals surface area contributed by atoms with E-state index in [9.17, 15) is 9.59 Å². The lowest BCUT2D eigenvalue weighted by molar-refractivity contribution is -0.147. The normalized spacial score (nSPS) is 45.7. The van der Waals surface area contributed by atoms with E-state index in [0.29, 0.717) is 11.8 Å². The highest BCUT2D eigenvalue weighted by atomic mass is 16.6. The van der Waals surface area contributed by atoms with Gasteiger partial charge in [-0.2, -0.15) is 0 Å². The highest BCUT2D eigenvalue weighted by molar-refractivity contribution is 5.88. The van der Waals surface area contributed by atoms with Crippen molar-refractivity contribution in [3.8, 4) is 0 Å². The average Bonchev–Trinajstić information content (AvgIpc) is 2.75. The van der Waals surface area contributed by atoms with Gasteiger partial charge in [0.1, 0.15) is 6.10 Å². The SMILES string of the molecule is CN(C)C(=O)[C@H]1[C@@H]2C[C@@H]3[C@@H]1C(=O)O[C@@H]3C2. The Morgan fingerprint density at radius 2 is 2.13 bits per heavy atom.